The molecule has 31 heavy (non-hydrogen) atoms. The Morgan fingerprint density at radius 2 is 1.90 bits per heavy atom. The number of nitrogens with zero attached hydrogens (tertiary/aromatic N) is 3. The van der Waals surface area contributed by atoms with Gasteiger partial charge in [0.15, 0.2) is 5.82 Å². The summed E-state index contributed by atoms with van der Waals surface area (Å²) < 4.78 is 0. The van der Waals surface area contributed by atoms with Crippen LogP contribution in [-0.2, 0) is 24.2 Å². The summed E-state index contributed by atoms with van der Waals surface area (Å²) in [6.45, 7) is 6.42. The minimum Gasteiger partial charge on any atom is -0.355 e. The molecule has 2 aromatic heterocycles. The van der Waals surface area contributed by atoms with Crippen LogP contribution in [0.15, 0.2) is 30.3 Å². The molecule has 5 rings (SSSR count). The molecule has 0 saturated carbocycles. The molecule has 1 saturated heterocycles. The maximum Gasteiger partial charge on any atom is 0.155 e. The van der Waals surface area contributed by atoms with E-state index in [2.05, 4.69) is 38.9 Å². The third kappa shape index (κ3) is 3.86. The Labute approximate surface area is 183 Å². The van der Waals surface area contributed by atoms with Crippen LogP contribution in [-0.4, -0.2) is 63.8 Å². The van der Waals surface area contributed by atoms with Crippen LogP contribution in [0.5, 0.6) is 0 Å². The average molecular weight is 418 g/mol. The van der Waals surface area contributed by atoms with Crippen LogP contribution >= 0.6 is 0 Å². The summed E-state index contributed by atoms with van der Waals surface area (Å²) in [4.78, 5) is 28.6. The van der Waals surface area contributed by atoms with Gasteiger partial charge < -0.3 is 19.7 Å². The number of nitrogens with one attached hydrogen (secondary N) is 2. The Morgan fingerprint density at radius 1 is 1.13 bits per heavy atom. The summed E-state index contributed by atoms with van der Waals surface area (Å²) in [6.07, 6.45) is 4.88. The average Bonchev–Trinajstić information content (AvgIpc) is 3.36. The molecule has 0 radical (unpaired) electrons. The number of carbonyl (C=O) groups is 1. The lowest BCUT2D eigenvalue weighted by Crippen LogP contribution is -2.45. The smallest absolute Gasteiger partial charge is 0.155 e. The lowest BCUT2D eigenvalue weighted by atomic mass is 9.98. The largest absolute Gasteiger partial charge is 0.355 e. The van der Waals surface area contributed by atoms with E-state index in [1.54, 1.807) is 0 Å². The zero-order chi connectivity index (χ0) is 21.4. The molecule has 3 aromatic rings. The molecule has 2 aliphatic rings. The summed E-state index contributed by atoms with van der Waals surface area (Å²) >= 11 is 0. The Morgan fingerprint density at radius 3 is 2.65 bits per heavy atom. The van der Waals surface area contributed by atoms with Crippen LogP contribution in [0.1, 0.15) is 35.5 Å². The van der Waals surface area contributed by atoms with Crippen molar-refractivity contribution in [2.45, 2.75) is 45.2 Å². The maximum absolute atomic E-state index is 11.4. The molecule has 0 aliphatic carbocycles. The molecule has 162 valence electrons. The van der Waals surface area contributed by atoms with E-state index in [-0.39, 0.29) is 0 Å². The van der Waals surface area contributed by atoms with Gasteiger partial charge in [-0.1, -0.05) is 30.3 Å². The Balaban J connectivity index is 1.48. The van der Waals surface area contributed by atoms with E-state index in [4.69, 9.17) is 4.98 Å². The first kappa shape index (κ1) is 20.2. The zero-order valence-corrected chi connectivity index (χ0v) is 18.4. The highest BCUT2D eigenvalue weighted by Gasteiger charge is 2.29. The topological polar surface area (TPSA) is 68.0 Å². The molecule has 6 nitrogen and oxygen atoms in total. The normalized spacial score (nSPS) is 18.3. The third-order valence-corrected chi connectivity index (χ3v) is 6.97. The summed E-state index contributed by atoms with van der Waals surface area (Å²) in [6, 6.07) is 11.0. The van der Waals surface area contributed by atoms with Gasteiger partial charge in [-0.15, -0.1) is 0 Å². The van der Waals surface area contributed by atoms with Gasteiger partial charge in [0.2, 0.25) is 0 Å². The molecule has 1 aromatic carbocycles. The number of carbonyl (C=O) groups excluding carboxylic acids is 1. The van der Waals surface area contributed by atoms with E-state index >= 15 is 0 Å². The fraction of sp³-hybridized carbons (Fsp3) is 0.440. The Bertz CT molecular complexity index is 1060. The summed E-state index contributed by atoms with van der Waals surface area (Å²) in [5.74, 6) is 0.884. The van der Waals surface area contributed by atoms with Gasteiger partial charge in [-0.2, -0.15) is 0 Å². The van der Waals surface area contributed by atoms with Crippen molar-refractivity contribution in [1.82, 2.24) is 24.8 Å². The SMILES string of the molecule is Cc1[nH]c(-c2nc3c([nH]2)CCN(C2CCN(C)CC2)C3)c(-c2ccccc2)c1CC=O. The first-order valence-corrected chi connectivity index (χ1v) is 11.3. The summed E-state index contributed by atoms with van der Waals surface area (Å²) in [5.41, 5.74) is 7.69. The van der Waals surface area contributed by atoms with Crippen LogP contribution in [0.2, 0.25) is 0 Å². The molecule has 0 bridgehead atoms. The first-order chi connectivity index (χ1) is 15.1. The number of hydrogen-bond donors (Lipinski definition) is 2. The Kier molecular flexibility index (Phi) is 5.50. The number of aldehydes is 1. The van der Waals surface area contributed by atoms with Gasteiger partial charge in [-0.25, -0.2) is 4.98 Å². The molecule has 1 fully saturated rings. The van der Waals surface area contributed by atoms with Crippen molar-refractivity contribution >= 4 is 6.29 Å². The second kappa shape index (κ2) is 8.44. The molecule has 0 spiro atoms. The molecule has 2 aliphatic heterocycles. The van der Waals surface area contributed by atoms with Crippen molar-refractivity contribution < 1.29 is 4.79 Å². The zero-order valence-electron chi connectivity index (χ0n) is 18.4. The van der Waals surface area contributed by atoms with Crippen LogP contribution in [0.4, 0.5) is 0 Å². The highest BCUT2D eigenvalue weighted by Crippen LogP contribution is 2.36. The predicted molar refractivity (Wildman–Crippen MR) is 123 cm³/mol. The minimum absolute atomic E-state index is 0.400. The van der Waals surface area contributed by atoms with Crippen LogP contribution in [0, 0.1) is 6.92 Å². The molecular formula is C25H31N5O. The molecule has 6 heteroatoms. The predicted octanol–water partition coefficient (Wildman–Crippen LogP) is 3.57. The second-order valence-corrected chi connectivity index (χ2v) is 8.98. The number of piperidine rings is 1. The van der Waals surface area contributed by atoms with Crippen LogP contribution in [0.3, 0.4) is 0 Å². The van der Waals surface area contributed by atoms with E-state index in [0.717, 1.165) is 59.7 Å². The third-order valence-electron chi connectivity index (χ3n) is 6.97. The van der Waals surface area contributed by atoms with Crippen molar-refractivity contribution in [2.75, 3.05) is 26.7 Å². The van der Waals surface area contributed by atoms with Crippen molar-refractivity contribution in [3.05, 3.63) is 53.0 Å². The van der Waals surface area contributed by atoms with E-state index in [1.807, 2.05) is 25.1 Å². The molecule has 0 amide bonds. The number of aromatic nitrogens is 3. The summed E-state index contributed by atoms with van der Waals surface area (Å²) in [5, 5.41) is 0. The minimum atomic E-state index is 0.400. The van der Waals surface area contributed by atoms with Gasteiger partial charge in [0.05, 0.1) is 11.4 Å². The number of H-pyrrole nitrogens is 2. The van der Waals surface area contributed by atoms with Gasteiger partial charge >= 0.3 is 0 Å². The van der Waals surface area contributed by atoms with Crippen molar-refractivity contribution in [3.63, 3.8) is 0 Å². The van der Waals surface area contributed by atoms with Crippen molar-refractivity contribution in [1.29, 1.82) is 0 Å². The van der Waals surface area contributed by atoms with Crippen molar-refractivity contribution in [3.8, 4) is 22.6 Å². The summed E-state index contributed by atoms with van der Waals surface area (Å²) in [7, 11) is 2.21. The van der Waals surface area contributed by atoms with E-state index in [9.17, 15) is 4.79 Å². The fourth-order valence-electron chi connectivity index (χ4n) is 5.20. The highest BCUT2D eigenvalue weighted by molar-refractivity contribution is 5.84. The number of likely N-dealkylation sites (tertiary alicyclic amines) is 1. The maximum atomic E-state index is 11.4. The number of benzene rings is 1. The quantitative estimate of drug-likeness (QED) is 0.623. The number of rotatable bonds is 5. The van der Waals surface area contributed by atoms with Crippen LogP contribution < -0.4 is 0 Å². The monoisotopic (exact) mass is 417 g/mol. The molecule has 0 unspecified atom stereocenters. The van der Waals surface area contributed by atoms with Crippen molar-refractivity contribution in [2.24, 2.45) is 0 Å². The number of hydrogen-bond acceptors (Lipinski definition) is 4. The number of aromatic amines is 2. The second-order valence-electron chi connectivity index (χ2n) is 8.98. The highest BCUT2D eigenvalue weighted by atomic mass is 16.1. The van der Waals surface area contributed by atoms with Gasteiger partial charge in [-0.05, 0) is 51.0 Å². The molecular weight excluding hydrogens is 386 g/mol. The number of imidazole rings is 1. The van der Waals surface area contributed by atoms with Gasteiger partial charge in [0, 0.05) is 48.9 Å². The Hall–Kier alpha value is -2.70. The number of aryl methyl sites for hydroxylation is 1. The standard InChI is InChI=1S/C25H31N5O/c1-17-20(11-15-31)23(18-6-4-3-5-7-18)24(26-17)25-27-21-10-14-30(16-22(21)28-25)19-8-12-29(2)13-9-19/h3-7,15,19,26H,8-14,16H2,1-2H3,(H,27,28). The fourth-order valence-corrected chi connectivity index (χ4v) is 5.20. The van der Waals surface area contributed by atoms with E-state index < -0.39 is 0 Å². The lowest BCUT2D eigenvalue weighted by Gasteiger charge is -2.38. The van der Waals surface area contributed by atoms with Gasteiger partial charge in [-0.3, -0.25) is 4.90 Å². The number of fused-ring (bicyclic) bond motifs is 1. The van der Waals surface area contributed by atoms with Gasteiger partial charge in [0.1, 0.15) is 6.29 Å². The molecule has 4 heterocycles. The van der Waals surface area contributed by atoms with E-state index in [0.29, 0.717) is 12.5 Å². The molecule has 0 atom stereocenters. The molecule has 2 N–H and O–H groups in total. The van der Waals surface area contributed by atoms with E-state index in [1.165, 1.54) is 37.3 Å². The first-order valence-electron chi connectivity index (χ1n) is 11.3. The van der Waals surface area contributed by atoms with Gasteiger partial charge in [0.25, 0.3) is 0 Å². The lowest BCUT2D eigenvalue weighted by molar-refractivity contribution is -0.107. The van der Waals surface area contributed by atoms with Crippen LogP contribution in [0.25, 0.3) is 22.6 Å².